The molecular weight excluding hydrogens is 155 g/mol. The van der Waals surface area contributed by atoms with Crippen LogP contribution in [-0.2, 0) is 4.79 Å². The smallest absolute Gasteiger partial charge is 0.550 e. The number of carboxylic acids is 1. The van der Waals surface area contributed by atoms with Crippen LogP contribution >= 0.6 is 0 Å². The fourth-order valence-corrected chi connectivity index (χ4v) is 0.581. The summed E-state index contributed by atoms with van der Waals surface area (Å²) in [5.74, 6) is -1.66. The first-order valence-corrected chi connectivity index (χ1v) is 3.83. The number of hydrogen-bond donors (Lipinski definition) is 3. The molecule has 0 fully saturated rings. The van der Waals surface area contributed by atoms with Crippen LogP contribution in [0.5, 0.6) is 0 Å². The van der Waals surface area contributed by atoms with Gasteiger partial charge in [-0.1, -0.05) is 0 Å². The fourth-order valence-electron chi connectivity index (χ4n) is 0.194. The van der Waals surface area contributed by atoms with Crippen LogP contribution in [0.2, 0.25) is 6.04 Å². The van der Waals surface area contributed by atoms with E-state index >= 15 is 0 Å². The zero-order valence-corrected chi connectivity index (χ0v) is 7.87. The molecule has 0 saturated heterocycles. The summed E-state index contributed by atoms with van der Waals surface area (Å²) in [4.78, 5) is 33.5. The second kappa shape index (κ2) is 4.39. The zero-order valence-electron chi connectivity index (χ0n) is 4.87. The van der Waals surface area contributed by atoms with Gasteiger partial charge in [-0.2, -0.15) is 0 Å². The quantitative estimate of drug-likeness (QED) is 0.349. The molecule has 0 aromatic carbocycles. The number of carbonyl (C=O) groups excluding carboxylic acids is 1. The van der Waals surface area contributed by atoms with E-state index in [0.29, 0.717) is 0 Å². The van der Waals surface area contributed by atoms with Crippen molar-refractivity contribution in [1.82, 2.24) is 0 Å². The van der Waals surface area contributed by atoms with E-state index in [-0.39, 0.29) is 29.6 Å². The van der Waals surface area contributed by atoms with Crippen molar-refractivity contribution < 1.29 is 53.8 Å². The van der Waals surface area contributed by atoms with Crippen LogP contribution in [0.4, 0.5) is 0 Å². The Hall–Kier alpha value is 0.567. The molecule has 0 aromatic rings. The fraction of sp³-hybridized carbons (Fsp3) is 0.500. The second-order valence-electron chi connectivity index (χ2n) is 1.32. The summed E-state index contributed by atoms with van der Waals surface area (Å²) in [7, 11) is -4.38. The van der Waals surface area contributed by atoms with Crippen molar-refractivity contribution in [1.29, 1.82) is 0 Å². The molecule has 9 heavy (non-hydrogen) atoms. The molecule has 7 heteroatoms. The monoisotopic (exact) mass is 160 g/mol. The average Bonchev–Trinajstić information content (AvgIpc) is 1.21. The molecule has 3 N–H and O–H groups in total. The van der Waals surface area contributed by atoms with Gasteiger partial charge in [0.1, 0.15) is 0 Å². The van der Waals surface area contributed by atoms with E-state index in [1.807, 2.05) is 0 Å². The first-order chi connectivity index (χ1) is 3.42. The molecule has 0 aromatic heterocycles. The van der Waals surface area contributed by atoms with Crippen LogP contribution < -0.4 is 34.7 Å². The van der Waals surface area contributed by atoms with Crippen LogP contribution in [0.1, 0.15) is 0 Å². The van der Waals surface area contributed by atoms with Crippen molar-refractivity contribution in [3.8, 4) is 0 Å². The summed E-state index contributed by atoms with van der Waals surface area (Å²) in [5, 5.41) is 9.46. The van der Waals surface area contributed by atoms with Gasteiger partial charge in [-0.3, -0.25) is 0 Å². The maximum absolute atomic E-state index is 9.46. The van der Waals surface area contributed by atoms with E-state index < -0.39 is 20.8 Å². The SMILES string of the molecule is O=C([O-])C[Si](O)(O)O.[Na+]. The third-order valence-corrected chi connectivity index (χ3v) is 1.14. The summed E-state index contributed by atoms with van der Waals surface area (Å²) < 4.78 is 0. The Morgan fingerprint density at radius 2 is 1.78 bits per heavy atom. The van der Waals surface area contributed by atoms with Gasteiger partial charge in [0.05, 0.1) is 6.04 Å². The molecule has 5 nitrogen and oxygen atoms in total. The van der Waals surface area contributed by atoms with Crippen LogP contribution in [0.25, 0.3) is 0 Å². The minimum atomic E-state index is -4.38. The van der Waals surface area contributed by atoms with E-state index in [4.69, 9.17) is 14.4 Å². The molecule has 0 aliphatic carbocycles. The molecule has 0 rings (SSSR count). The van der Waals surface area contributed by atoms with Crippen molar-refractivity contribution in [2.24, 2.45) is 0 Å². The minimum Gasteiger partial charge on any atom is -0.550 e. The Morgan fingerprint density at radius 3 is 1.78 bits per heavy atom. The molecule has 0 atom stereocenters. The Balaban J connectivity index is 0. The Morgan fingerprint density at radius 1 is 1.44 bits per heavy atom. The largest absolute Gasteiger partial charge is 1.00 e. The third-order valence-electron chi connectivity index (χ3n) is 0.382. The summed E-state index contributed by atoms with van der Waals surface area (Å²) in [6, 6.07) is -1.06. The minimum absolute atomic E-state index is 0. The molecule has 0 unspecified atom stereocenters. The first kappa shape index (κ1) is 12.3. The maximum atomic E-state index is 9.46. The molecule has 0 heterocycles. The summed E-state index contributed by atoms with van der Waals surface area (Å²) in [5.41, 5.74) is 0. The number of carbonyl (C=O) groups is 1. The molecule has 0 spiro atoms. The molecule has 0 aliphatic rings. The van der Waals surface area contributed by atoms with E-state index in [2.05, 4.69) is 0 Å². The van der Waals surface area contributed by atoms with E-state index in [9.17, 15) is 9.90 Å². The van der Waals surface area contributed by atoms with Crippen molar-refractivity contribution in [2.45, 2.75) is 6.04 Å². The van der Waals surface area contributed by atoms with Crippen molar-refractivity contribution in [2.75, 3.05) is 0 Å². The predicted octanol–water partition coefficient (Wildman–Crippen LogP) is -6.34. The van der Waals surface area contributed by atoms with Crippen LogP contribution in [-0.4, -0.2) is 29.2 Å². The Labute approximate surface area is 74.6 Å². The van der Waals surface area contributed by atoms with Gasteiger partial charge < -0.3 is 24.3 Å². The van der Waals surface area contributed by atoms with Crippen molar-refractivity contribution >= 4 is 14.8 Å². The molecule has 0 bridgehead atoms. The summed E-state index contributed by atoms with van der Waals surface area (Å²) >= 11 is 0. The van der Waals surface area contributed by atoms with E-state index in [0.717, 1.165) is 0 Å². The average molecular weight is 160 g/mol. The molecule has 0 amide bonds. The molecule has 0 aliphatic heterocycles. The molecule has 0 radical (unpaired) electrons. The van der Waals surface area contributed by atoms with Gasteiger partial charge in [0.25, 0.3) is 0 Å². The normalized spacial score (nSPS) is 10.1. The van der Waals surface area contributed by atoms with Crippen molar-refractivity contribution in [3.63, 3.8) is 0 Å². The Bertz CT molecular complexity index is 97.6. The molecular formula is C2H5NaO5Si. The second-order valence-corrected chi connectivity index (χ2v) is 3.23. The number of rotatable bonds is 2. The zero-order chi connectivity index (χ0) is 6.78. The third kappa shape index (κ3) is 11.9. The van der Waals surface area contributed by atoms with E-state index in [1.54, 1.807) is 0 Å². The topological polar surface area (TPSA) is 101 Å². The standard InChI is InChI=1S/C2H6O5Si.Na/c3-2(4)1-8(5,6)7;/h5-7H,1H2,(H,3,4);/q;+1/p-1. The first-order valence-electron chi connectivity index (χ1n) is 1.79. The maximum Gasteiger partial charge on any atom is 1.00 e. The summed E-state index contributed by atoms with van der Waals surface area (Å²) in [6.45, 7) is 0. The van der Waals surface area contributed by atoms with Gasteiger partial charge in [0.2, 0.25) is 0 Å². The Kier molecular flexibility index (Phi) is 5.99. The van der Waals surface area contributed by atoms with Gasteiger partial charge in [-0.25, -0.2) is 0 Å². The van der Waals surface area contributed by atoms with Gasteiger partial charge in [0, 0.05) is 5.97 Å². The summed E-state index contributed by atoms with van der Waals surface area (Å²) in [6.07, 6.45) is 0. The molecule has 0 saturated carbocycles. The predicted molar refractivity (Wildman–Crippen MR) is 22.2 cm³/mol. The van der Waals surface area contributed by atoms with Crippen molar-refractivity contribution in [3.05, 3.63) is 0 Å². The van der Waals surface area contributed by atoms with Crippen LogP contribution in [0.3, 0.4) is 0 Å². The van der Waals surface area contributed by atoms with Gasteiger partial charge in [-0.05, 0) is 0 Å². The van der Waals surface area contributed by atoms with E-state index in [1.165, 1.54) is 0 Å². The van der Waals surface area contributed by atoms with Gasteiger partial charge in [-0.15, -0.1) is 0 Å². The number of hydrogen-bond acceptors (Lipinski definition) is 5. The number of aliphatic carboxylic acids is 1. The van der Waals surface area contributed by atoms with Crippen LogP contribution in [0.15, 0.2) is 0 Å². The van der Waals surface area contributed by atoms with Crippen LogP contribution in [0, 0.1) is 0 Å². The van der Waals surface area contributed by atoms with Gasteiger partial charge in [0.15, 0.2) is 0 Å². The number of carboxylic acid groups (broad SMARTS) is 1. The van der Waals surface area contributed by atoms with Gasteiger partial charge >= 0.3 is 38.4 Å². The molecule has 48 valence electrons.